The fourth-order valence-corrected chi connectivity index (χ4v) is 2.34. The molecule has 2 aromatic rings. The van der Waals surface area contributed by atoms with Crippen molar-refractivity contribution in [2.24, 2.45) is 0 Å². The van der Waals surface area contributed by atoms with Gasteiger partial charge >= 0.3 is 0 Å². The van der Waals surface area contributed by atoms with E-state index in [-0.39, 0.29) is 5.56 Å². The summed E-state index contributed by atoms with van der Waals surface area (Å²) in [5.74, 6) is -1.37. The standard InChI is InChI=1S/C16H16F2O/c1-2-10-16(19,12-6-4-3-5-7-12)14-9-8-13(17)11-15(14)18/h3-9,11,19H,2,10H2,1H3. The van der Waals surface area contributed by atoms with Crippen molar-refractivity contribution in [2.45, 2.75) is 25.4 Å². The largest absolute Gasteiger partial charge is 0.380 e. The third kappa shape index (κ3) is 2.66. The predicted molar refractivity (Wildman–Crippen MR) is 70.7 cm³/mol. The van der Waals surface area contributed by atoms with Gasteiger partial charge < -0.3 is 5.11 Å². The van der Waals surface area contributed by atoms with Gasteiger partial charge in [0.05, 0.1) is 0 Å². The zero-order valence-electron chi connectivity index (χ0n) is 10.7. The second-order valence-electron chi connectivity index (χ2n) is 4.60. The lowest BCUT2D eigenvalue weighted by Gasteiger charge is -2.29. The Bertz CT molecular complexity index is 554. The first-order valence-corrected chi connectivity index (χ1v) is 6.31. The van der Waals surface area contributed by atoms with Gasteiger partial charge in [0.1, 0.15) is 17.2 Å². The van der Waals surface area contributed by atoms with E-state index in [2.05, 4.69) is 0 Å². The molecule has 0 bridgehead atoms. The molecule has 100 valence electrons. The SMILES string of the molecule is CCCC(O)(c1ccccc1)c1ccc(F)cc1F. The average molecular weight is 262 g/mol. The van der Waals surface area contributed by atoms with Gasteiger partial charge in [-0.2, -0.15) is 0 Å². The van der Waals surface area contributed by atoms with Crippen LogP contribution >= 0.6 is 0 Å². The first-order chi connectivity index (χ1) is 9.08. The van der Waals surface area contributed by atoms with Crippen LogP contribution < -0.4 is 0 Å². The number of aliphatic hydroxyl groups is 1. The third-order valence-corrected chi connectivity index (χ3v) is 3.24. The Morgan fingerprint density at radius 2 is 1.74 bits per heavy atom. The molecule has 0 amide bonds. The van der Waals surface area contributed by atoms with E-state index in [9.17, 15) is 13.9 Å². The van der Waals surface area contributed by atoms with Gasteiger partial charge in [0.15, 0.2) is 0 Å². The van der Waals surface area contributed by atoms with E-state index >= 15 is 0 Å². The van der Waals surface area contributed by atoms with Gasteiger partial charge in [0, 0.05) is 11.6 Å². The molecule has 1 atom stereocenters. The Labute approximate surface area is 111 Å². The minimum absolute atomic E-state index is 0.113. The smallest absolute Gasteiger partial charge is 0.132 e. The molecule has 1 nitrogen and oxygen atoms in total. The second kappa shape index (κ2) is 5.49. The maximum absolute atomic E-state index is 14.0. The van der Waals surface area contributed by atoms with Crippen LogP contribution in [0.25, 0.3) is 0 Å². The molecule has 0 saturated heterocycles. The molecule has 0 aromatic heterocycles. The lowest BCUT2D eigenvalue weighted by Crippen LogP contribution is -2.28. The zero-order valence-corrected chi connectivity index (χ0v) is 10.7. The minimum Gasteiger partial charge on any atom is -0.380 e. The number of hydrogen-bond donors (Lipinski definition) is 1. The van der Waals surface area contributed by atoms with Gasteiger partial charge in [-0.05, 0) is 24.1 Å². The Morgan fingerprint density at radius 1 is 1.05 bits per heavy atom. The fourth-order valence-electron chi connectivity index (χ4n) is 2.34. The van der Waals surface area contributed by atoms with Gasteiger partial charge in [-0.25, -0.2) is 8.78 Å². The van der Waals surface area contributed by atoms with Gasteiger partial charge in [-0.1, -0.05) is 43.7 Å². The highest BCUT2D eigenvalue weighted by Crippen LogP contribution is 2.35. The zero-order chi connectivity index (χ0) is 13.9. The van der Waals surface area contributed by atoms with E-state index in [4.69, 9.17) is 0 Å². The van der Waals surface area contributed by atoms with Crippen molar-refractivity contribution in [2.75, 3.05) is 0 Å². The number of benzene rings is 2. The highest BCUT2D eigenvalue weighted by atomic mass is 19.1. The number of halogens is 2. The van der Waals surface area contributed by atoms with Crippen LogP contribution in [0.15, 0.2) is 48.5 Å². The van der Waals surface area contributed by atoms with Crippen molar-refractivity contribution in [3.63, 3.8) is 0 Å². The van der Waals surface area contributed by atoms with Gasteiger partial charge in [0.25, 0.3) is 0 Å². The average Bonchev–Trinajstić information content (AvgIpc) is 2.39. The van der Waals surface area contributed by atoms with Crippen LogP contribution in [0.3, 0.4) is 0 Å². The van der Waals surface area contributed by atoms with Crippen LogP contribution in [-0.2, 0) is 5.60 Å². The molecular formula is C16H16F2O. The van der Waals surface area contributed by atoms with E-state index in [1.165, 1.54) is 12.1 Å². The van der Waals surface area contributed by atoms with Gasteiger partial charge in [0.2, 0.25) is 0 Å². The fraction of sp³-hybridized carbons (Fsp3) is 0.250. The molecule has 1 N–H and O–H groups in total. The molecular weight excluding hydrogens is 246 g/mol. The molecule has 3 heteroatoms. The normalized spacial score (nSPS) is 14.1. The molecule has 0 aliphatic rings. The van der Waals surface area contributed by atoms with Crippen LogP contribution in [0, 0.1) is 11.6 Å². The van der Waals surface area contributed by atoms with Crippen LogP contribution in [0.5, 0.6) is 0 Å². The molecule has 0 fully saturated rings. The van der Waals surface area contributed by atoms with Crippen molar-refractivity contribution >= 4 is 0 Å². The van der Waals surface area contributed by atoms with Crippen LogP contribution in [-0.4, -0.2) is 5.11 Å². The molecule has 0 radical (unpaired) electrons. The topological polar surface area (TPSA) is 20.2 Å². The molecule has 0 heterocycles. The maximum atomic E-state index is 14.0. The monoisotopic (exact) mass is 262 g/mol. The first kappa shape index (κ1) is 13.7. The van der Waals surface area contributed by atoms with E-state index in [1.54, 1.807) is 24.3 Å². The number of hydrogen-bond acceptors (Lipinski definition) is 1. The first-order valence-electron chi connectivity index (χ1n) is 6.31. The van der Waals surface area contributed by atoms with E-state index in [0.29, 0.717) is 18.4 Å². The Hall–Kier alpha value is -1.74. The highest BCUT2D eigenvalue weighted by molar-refractivity contribution is 5.36. The Balaban J connectivity index is 2.56. The summed E-state index contributed by atoms with van der Waals surface area (Å²) in [6.07, 6.45) is 1.06. The predicted octanol–water partition coefficient (Wildman–Crippen LogP) is 4.00. The molecule has 19 heavy (non-hydrogen) atoms. The molecule has 0 saturated carbocycles. The summed E-state index contributed by atoms with van der Waals surface area (Å²) in [6, 6.07) is 12.2. The molecule has 2 rings (SSSR count). The van der Waals surface area contributed by atoms with Crippen LogP contribution in [0.4, 0.5) is 8.78 Å². The summed E-state index contributed by atoms with van der Waals surface area (Å²) in [5, 5.41) is 10.9. The molecule has 0 aliphatic carbocycles. The second-order valence-corrected chi connectivity index (χ2v) is 4.60. The quantitative estimate of drug-likeness (QED) is 0.883. The summed E-state index contributed by atoms with van der Waals surface area (Å²) in [5.41, 5.74) is -0.697. The van der Waals surface area contributed by atoms with Crippen molar-refractivity contribution < 1.29 is 13.9 Å². The van der Waals surface area contributed by atoms with Crippen LogP contribution in [0.1, 0.15) is 30.9 Å². The van der Waals surface area contributed by atoms with Gasteiger partial charge in [-0.3, -0.25) is 0 Å². The number of rotatable bonds is 4. The molecule has 1 unspecified atom stereocenters. The Kier molecular flexibility index (Phi) is 3.96. The van der Waals surface area contributed by atoms with E-state index in [0.717, 1.165) is 6.07 Å². The summed E-state index contributed by atoms with van der Waals surface area (Å²) >= 11 is 0. The summed E-state index contributed by atoms with van der Waals surface area (Å²) in [6.45, 7) is 1.91. The van der Waals surface area contributed by atoms with E-state index in [1.807, 2.05) is 13.0 Å². The highest BCUT2D eigenvalue weighted by Gasteiger charge is 2.33. The van der Waals surface area contributed by atoms with E-state index < -0.39 is 17.2 Å². The molecule has 2 aromatic carbocycles. The minimum atomic E-state index is -1.42. The van der Waals surface area contributed by atoms with Crippen molar-refractivity contribution in [3.05, 3.63) is 71.3 Å². The third-order valence-electron chi connectivity index (χ3n) is 3.24. The summed E-state index contributed by atoms with van der Waals surface area (Å²) < 4.78 is 27.0. The van der Waals surface area contributed by atoms with Gasteiger partial charge in [-0.15, -0.1) is 0 Å². The van der Waals surface area contributed by atoms with Crippen LogP contribution in [0.2, 0.25) is 0 Å². The lowest BCUT2D eigenvalue weighted by atomic mass is 9.82. The Morgan fingerprint density at radius 3 is 2.32 bits per heavy atom. The van der Waals surface area contributed by atoms with Crippen molar-refractivity contribution in [1.82, 2.24) is 0 Å². The van der Waals surface area contributed by atoms with Crippen molar-refractivity contribution in [3.8, 4) is 0 Å². The maximum Gasteiger partial charge on any atom is 0.132 e. The molecule has 0 aliphatic heterocycles. The summed E-state index contributed by atoms with van der Waals surface area (Å²) in [7, 11) is 0. The molecule has 0 spiro atoms. The van der Waals surface area contributed by atoms with Crippen molar-refractivity contribution in [1.29, 1.82) is 0 Å². The summed E-state index contributed by atoms with van der Waals surface area (Å²) in [4.78, 5) is 0. The lowest BCUT2D eigenvalue weighted by molar-refractivity contribution is 0.0662.